The van der Waals surface area contributed by atoms with Gasteiger partial charge in [0.15, 0.2) is 0 Å². The number of methoxy groups -OCH3 is 1. The van der Waals surface area contributed by atoms with Gasteiger partial charge in [0, 0.05) is 30.8 Å². The van der Waals surface area contributed by atoms with Crippen molar-refractivity contribution in [2.45, 2.75) is 18.9 Å². The summed E-state index contributed by atoms with van der Waals surface area (Å²) >= 11 is 0. The molecule has 1 aliphatic rings. The number of aromatic nitrogens is 3. The zero-order valence-electron chi connectivity index (χ0n) is 13.6. The van der Waals surface area contributed by atoms with Gasteiger partial charge in [0.05, 0.1) is 25.8 Å². The molecule has 0 radical (unpaired) electrons. The maximum absolute atomic E-state index is 12.2. The fourth-order valence-electron chi connectivity index (χ4n) is 2.83. The second kappa shape index (κ2) is 6.39. The molecule has 1 atom stereocenters. The molecule has 8 heteroatoms. The summed E-state index contributed by atoms with van der Waals surface area (Å²) < 4.78 is 15.7. The standard InChI is InChI=1S/C17H16N4O4/c1-23-14-5-4-11(8-18-14)16-19-17(25-20-16)12-7-15(22)21(9-12)10-13-3-2-6-24-13/h2-6,8,12H,7,9-10H2,1H3. The minimum absolute atomic E-state index is 0.0484. The van der Waals surface area contributed by atoms with Crippen molar-refractivity contribution in [1.82, 2.24) is 20.0 Å². The fourth-order valence-corrected chi connectivity index (χ4v) is 2.83. The van der Waals surface area contributed by atoms with Crippen molar-refractivity contribution in [2.75, 3.05) is 13.7 Å². The van der Waals surface area contributed by atoms with Crippen LogP contribution in [-0.2, 0) is 11.3 Å². The molecule has 0 aliphatic carbocycles. The van der Waals surface area contributed by atoms with Crippen molar-refractivity contribution < 1.29 is 18.5 Å². The molecule has 4 rings (SSSR count). The minimum Gasteiger partial charge on any atom is -0.481 e. The molecule has 1 aliphatic heterocycles. The summed E-state index contributed by atoms with van der Waals surface area (Å²) in [6.07, 6.45) is 3.57. The van der Waals surface area contributed by atoms with Crippen LogP contribution >= 0.6 is 0 Å². The van der Waals surface area contributed by atoms with Crippen LogP contribution < -0.4 is 4.74 Å². The number of carbonyl (C=O) groups excluding carboxylic acids is 1. The van der Waals surface area contributed by atoms with Crippen molar-refractivity contribution in [3.8, 4) is 17.3 Å². The summed E-state index contributed by atoms with van der Waals surface area (Å²) in [6.45, 7) is 0.980. The molecular weight excluding hydrogens is 324 g/mol. The molecule has 0 saturated carbocycles. The summed E-state index contributed by atoms with van der Waals surface area (Å²) in [5.41, 5.74) is 0.729. The summed E-state index contributed by atoms with van der Waals surface area (Å²) in [7, 11) is 1.56. The van der Waals surface area contributed by atoms with E-state index in [2.05, 4.69) is 15.1 Å². The zero-order valence-corrected chi connectivity index (χ0v) is 13.6. The van der Waals surface area contributed by atoms with Crippen LogP contribution in [0.3, 0.4) is 0 Å². The van der Waals surface area contributed by atoms with Crippen molar-refractivity contribution in [2.24, 2.45) is 0 Å². The Morgan fingerprint density at radius 3 is 3.00 bits per heavy atom. The summed E-state index contributed by atoms with van der Waals surface area (Å²) in [6, 6.07) is 7.20. The van der Waals surface area contributed by atoms with Gasteiger partial charge in [-0.25, -0.2) is 4.98 Å². The molecule has 0 bridgehead atoms. The van der Waals surface area contributed by atoms with Crippen LogP contribution in [0.15, 0.2) is 45.7 Å². The quantitative estimate of drug-likeness (QED) is 0.703. The van der Waals surface area contributed by atoms with Crippen LogP contribution in [0, 0.1) is 0 Å². The van der Waals surface area contributed by atoms with Crippen molar-refractivity contribution in [1.29, 1.82) is 0 Å². The van der Waals surface area contributed by atoms with Gasteiger partial charge in [-0.3, -0.25) is 4.79 Å². The third-order valence-electron chi connectivity index (χ3n) is 4.14. The third-order valence-corrected chi connectivity index (χ3v) is 4.14. The number of hydrogen-bond acceptors (Lipinski definition) is 7. The molecule has 1 unspecified atom stereocenters. The second-order valence-corrected chi connectivity index (χ2v) is 5.80. The first kappa shape index (κ1) is 15.4. The third kappa shape index (κ3) is 3.10. The molecule has 3 aromatic heterocycles. The van der Waals surface area contributed by atoms with Crippen molar-refractivity contribution in [3.05, 3.63) is 48.4 Å². The summed E-state index contributed by atoms with van der Waals surface area (Å²) in [5.74, 6) is 2.11. The predicted octanol–water partition coefficient (Wildman–Crippen LogP) is 2.25. The molecule has 1 amide bonds. The molecule has 1 saturated heterocycles. The number of nitrogens with zero attached hydrogens (tertiary/aromatic N) is 4. The smallest absolute Gasteiger partial charge is 0.232 e. The van der Waals surface area contributed by atoms with E-state index in [9.17, 15) is 4.79 Å². The highest BCUT2D eigenvalue weighted by Crippen LogP contribution is 2.29. The number of furan rings is 1. The number of carbonyl (C=O) groups is 1. The lowest BCUT2D eigenvalue weighted by atomic mass is 10.1. The van der Waals surface area contributed by atoms with Crippen LogP contribution in [0.25, 0.3) is 11.4 Å². The molecule has 0 aromatic carbocycles. The molecule has 3 aromatic rings. The summed E-state index contributed by atoms with van der Waals surface area (Å²) in [4.78, 5) is 22.5. The maximum Gasteiger partial charge on any atom is 0.232 e. The first-order chi connectivity index (χ1) is 12.2. The van der Waals surface area contributed by atoms with Gasteiger partial charge >= 0.3 is 0 Å². The topological polar surface area (TPSA) is 94.5 Å². The zero-order chi connectivity index (χ0) is 17.2. The van der Waals surface area contributed by atoms with Gasteiger partial charge in [-0.2, -0.15) is 4.98 Å². The monoisotopic (exact) mass is 340 g/mol. The van der Waals surface area contributed by atoms with E-state index in [0.29, 0.717) is 37.1 Å². The highest BCUT2D eigenvalue weighted by atomic mass is 16.5. The van der Waals surface area contributed by atoms with Gasteiger partial charge in [0.2, 0.25) is 23.5 Å². The van der Waals surface area contributed by atoms with E-state index in [1.807, 2.05) is 12.1 Å². The average molecular weight is 340 g/mol. The number of amides is 1. The molecule has 128 valence electrons. The highest BCUT2D eigenvalue weighted by Gasteiger charge is 2.34. The van der Waals surface area contributed by atoms with Gasteiger partial charge in [0.25, 0.3) is 0 Å². The van der Waals surface area contributed by atoms with E-state index >= 15 is 0 Å². The van der Waals surface area contributed by atoms with Crippen LogP contribution in [-0.4, -0.2) is 39.6 Å². The van der Waals surface area contributed by atoms with Gasteiger partial charge in [-0.05, 0) is 18.2 Å². The first-order valence-corrected chi connectivity index (χ1v) is 7.87. The molecule has 4 heterocycles. The molecule has 0 N–H and O–H groups in total. The lowest BCUT2D eigenvalue weighted by Gasteiger charge is -2.13. The number of likely N-dealkylation sites (tertiary alicyclic amines) is 1. The number of rotatable bonds is 5. The Labute approximate surface area is 143 Å². The van der Waals surface area contributed by atoms with Crippen molar-refractivity contribution >= 4 is 5.91 Å². The summed E-state index contributed by atoms with van der Waals surface area (Å²) in [5, 5.41) is 4.00. The Morgan fingerprint density at radius 1 is 1.36 bits per heavy atom. The number of ether oxygens (including phenoxy) is 1. The van der Waals surface area contributed by atoms with E-state index in [0.717, 1.165) is 11.3 Å². The maximum atomic E-state index is 12.2. The molecule has 8 nitrogen and oxygen atoms in total. The van der Waals surface area contributed by atoms with Crippen molar-refractivity contribution in [3.63, 3.8) is 0 Å². The van der Waals surface area contributed by atoms with Gasteiger partial charge in [-0.15, -0.1) is 0 Å². The molecule has 1 fully saturated rings. The van der Waals surface area contributed by atoms with E-state index in [1.54, 1.807) is 36.6 Å². The average Bonchev–Trinajstić information content (AvgIpc) is 3.37. The van der Waals surface area contributed by atoms with E-state index in [1.165, 1.54) is 0 Å². The lowest BCUT2D eigenvalue weighted by molar-refractivity contribution is -0.128. The SMILES string of the molecule is COc1ccc(-c2noc(C3CC(=O)N(Cc4ccco4)C3)n2)cn1. The molecule has 25 heavy (non-hydrogen) atoms. The van der Waals surface area contributed by atoms with E-state index in [-0.39, 0.29) is 11.8 Å². The van der Waals surface area contributed by atoms with Gasteiger partial charge in [0.1, 0.15) is 5.76 Å². The Hall–Kier alpha value is -3.16. The number of hydrogen-bond donors (Lipinski definition) is 0. The minimum atomic E-state index is -0.116. The van der Waals surface area contributed by atoms with Gasteiger partial charge < -0.3 is 18.6 Å². The van der Waals surface area contributed by atoms with Crippen LogP contribution in [0.2, 0.25) is 0 Å². The normalized spacial score (nSPS) is 17.2. The molecule has 0 spiro atoms. The van der Waals surface area contributed by atoms with Crippen LogP contribution in [0.1, 0.15) is 24.0 Å². The highest BCUT2D eigenvalue weighted by molar-refractivity contribution is 5.79. The Bertz CT molecular complexity index is 857. The Balaban J connectivity index is 1.47. The van der Waals surface area contributed by atoms with Crippen LogP contribution in [0.4, 0.5) is 0 Å². The predicted molar refractivity (Wildman–Crippen MR) is 85.6 cm³/mol. The van der Waals surface area contributed by atoms with E-state index < -0.39 is 0 Å². The Kier molecular flexibility index (Phi) is 3.93. The second-order valence-electron chi connectivity index (χ2n) is 5.80. The van der Waals surface area contributed by atoms with E-state index in [4.69, 9.17) is 13.7 Å². The fraction of sp³-hybridized carbons (Fsp3) is 0.294. The Morgan fingerprint density at radius 2 is 2.28 bits per heavy atom. The van der Waals surface area contributed by atoms with Gasteiger partial charge in [-0.1, -0.05) is 5.16 Å². The van der Waals surface area contributed by atoms with Crippen LogP contribution in [0.5, 0.6) is 5.88 Å². The largest absolute Gasteiger partial charge is 0.481 e. The lowest BCUT2D eigenvalue weighted by Crippen LogP contribution is -2.24. The molecular formula is C17H16N4O4. The number of pyridine rings is 1. The first-order valence-electron chi connectivity index (χ1n) is 7.87.